The van der Waals surface area contributed by atoms with Gasteiger partial charge in [-0.15, -0.1) is 6.42 Å². The van der Waals surface area contributed by atoms with Crippen LogP contribution < -0.4 is 0 Å². The number of rotatable bonds is 5. The van der Waals surface area contributed by atoms with Crippen LogP contribution >= 0.6 is 0 Å². The van der Waals surface area contributed by atoms with Gasteiger partial charge in [0.25, 0.3) is 0 Å². The molecule has 0 aliphatic heterocycles. The van der Waals surface area contributed by atoms with Crippen molar-refractivity contribution in [2.75, 3.05) is 0 Å². The maximum Gasteiger partial charge on any atom is 0.123 e. The van der Waals surface area contributed by atoms with E-state index in [0.29, 0.717) is 11.5 Å². The Morgan fingerprint density at radius 1 is 0.839 bits per heavy atom. The zero-order chi connectivity index (χ0) is 23.6. The molecule has 2 rings (SSSR count). The molecule has 0 bridgehead atoms. The van der Waals surface area contributed by atoms with Crippen molar-refractivity contribution in [3.05, 3.63) is 69.8 Å². The van der Waals surface area contributed by atoms with E-state index in [4.69, 9.17) is 6.42 Å². The molecule has 0 fully saturated rings. The summed E-state index contributed by atoms with van der Waals surface area (Å²) in [5.41, 5.74) is 5.40. The van der Waals surface area contributed by atoms with Crippen molar-refractivity contribution in [2.45, 2.75) is 85.0 Å². The summed E-state index contributed by atoms with van der Waals surface area (Å²) in [6.45, 7) is 16.8. The fourth-order valence-electron chi connectivity index (χ4n) is 4.18. The van der Waals surface area contributed by atoms with Gasteiger partial charge in [-0.1, -0.05) is 88.9 Å². The van der Waals surface area contributed by atoms with Crippen molar-refractivity contribution in [3.8, 4) is 23.8 Å². The largest absolute Gasteiger partial charge is 0.507 e. The van der Waals surface area contributed by atoms with Crippen molar-refractivity contribution in [1.29, 1.82) is 0 Å². The molecule has 0 amide bonds. The van der Waals surface area contributed by atoms with Gasteiger partial charge in [-0.05, 0) is 54.7 Å². The summed E-state index contributed by atoms with van der Waals surface area (Å²) in [7, 11) is 0. The number of phenolic OH excluding ortho intramolecular Hbond substituents is 2. The first-order chi connectivity index (χ1) is 14.3. The van der Waals surface area contributed by atoms with Crippen LogP contribution in [0.15, 0.2) is 36.4 Å². The standard InChI is InChI=1S/C29H38O2/c1-10-11-12-13-14-21(22-15-19(2)17-24(26(22)30)28(4,5)6)23-16-20(3)18-25(27(23)31)29(7,8)9/h1,11-12,15-18,21,30-31H,13-14H2,2-9H3/b12-11+. The number of phenols is 2. The summed E-state index contributed by atoms with van der Waals surface area (Å²) >= 11 is 0. The van der Waals surface area contributed by atoms with Crippen LogP contribution in [-0.2, 0) is 10.8 Å². The van der Waals surface area contributed by atoms with Crippen LogP contribution in [0.1, 0.15) is 93.7 Å². The fraction of sp³-hybridized carbons (Fsp3) is 0.448. The number of terminal acetylenes is 1. The third-order valence-corrected chi connectivity index (χ3v) is 5.77. The Morgan fingerprint density at radius 2 is 1.26 bits per heavy atom. The average Bonchev–Trinajstić information content (AvgIpc) is 2.64. The van der Waals surface area contributed by atoms with Gasteiger partial charge in [0.1, 0.15) is 11.5 Å². The molecule has 0 unspecified atom stereocenters. The molecule has 31 heavy (non-hydrogen) atoms. The van der Waals surface area contributed by atoms with Gasteiger partial charge < -0.3 is 10.2 Å². The maximum absolute atomic E-state index is 11.3. The van der Waals surface area contributed by atoms with Crippen molar-refractivity contribution in [2.24, 2.45) is 0 Å². The summed E-state index contributed by atoms with van der Waals surface area (Å²) in [5, 5.41) is 22.7. The molecule has 0 atom stereocenters. The molecule has 166 valence electrons. The quantitative estimate of drug-likeness (QED) is 0.496. The van der Waals surface area contributed by atoms with Crippen molar-refractivity contribution in [1.82, 2.24) is 0 Å². The van der Waals surface area contributed by atoms with Crippen LogP contribution in [-0.4, -0.2) is 10.2 Å². The van der Waals surface area contributed by atoms with E-state index in [2.05, 4.69) is 85.6 Å². The van der Waals surface area contributed by atoms with Gasteiger partial charge >= 0.3 is 0 Å². The lowest BCUT2D eigenvalue weighted by Gasteiger charge is -2.29. The third-order valence-electron chi connectivity index (χ3n) is 5.77. The Hall–Kier alpha value is -2.66. The second-order valence-electron chi connectivity index (χ2n) is 10.7. The van der Waals surface area contributed by atoms with E-state index >= 15 is 0 Å². The summed E-state index contributed by atoms with van der Waals surface area (Å²) in [6, 6.07) is 8.23. The highest BCUT2D eigenvalue weighted by molar-refractivity contribution is 5.56. The van der Waals surface area contributed by atoms with Gasteiger partial charge in [0, 0.05) is 17.0 Å². The van der Waals surface area contributed by atoms with E-state index in [9.17, 15) is 10.2 Å². The predicted molar refractivity (Wildman–Crippen MR) is 132 cm³/mol. The van der Waals surface area contributed by atoms with Gasteiger partial charge in [0.2, 0.25) is 0 Å². The Bertz CT molecular complexity index is 935. The normalized spacial score (nSPS) is 12.5. The van der Waals surface area contributed by atoms with Gasteiger partial charge in [0.05, 0.1) is 0 Å². The van der Waals surface area contributed by atoms with E-state index in [1.54, 1.807) is 6.08 Å². The molecule has 0 spiro atoms. The summed E-state index contributed by atoms with van der Waals surface area (Å²) in [5.74, 6) is 3.04. The Balaban J connectivity index is 2.78. The molecule has 0 saturated heterocycles. The lowest BCUT2D eigenvalue weighted by molar-refractivity contribution is 0.425. The maximum atomic E-state index is 11.3. The molecule has 0 radical (unpaired) electrons. The zero-order valence-electron chi connectivity index (χ0n) is 20.4. The molecule has 2 aromatic rings. The molecule has 0 aromatic heterocycles. The monoisotopic (exact) mass is 418 g/mol. The Morgan fingerprint density at radius 3 is 1.61 bits per heavy atom. The molecule has 0 heterocycles. The van der Waals surface area contributed by atoms with Gasteiger partial charge in [-0.3, -0.25) is 0 Å². The summed E-state index contributed by atoms with van der Waals surface area (Å²) < 4.78 is 0. The number of aryl methyl sites for hydroxylation is 2. The molecule has 0 aliphatic carbocycles. The molecular weight excluding hydrogens is 380 g/mol. The highest BCUT2D eigenvalue weighted by atomic mass is 16.3. The lowest BCUT2D eigenvalue weighted by Crippen LogP contribution is -2.15. The molecular formula is C29H38O2. The molecule has 2 N–H and O–H groups in total. The van der Waals surface area contributed by atoms with Crippen LogP contribution in [0.4, 0.5) is 0 Å². The predicted octanol–water partition coefficient (Wildman–Crippen LogP) is 7.41. The minimum absolute atomic E-state index is 0.149. The molecule has 2 heteroatoms. The van der Waals surface area contributed by atoms with E-state index in [-0.39, 0.29) is 16.7 Å². The number of benzene rings is 2. The lowest BCUT2D eigenvalue weighted by atomic mass is 9.77. The number of hydrogen-bond acceptors (Lipinski definition) is 2. The Labute approximate surface area is 189 Å². The SMILES string of the molecule is C#C/C=C/CCC(c1cc(C)cc(C(C)(C)C)c1O)c1cc(C)cc(C(C)(C)C)c1O. The van der Waals surface area contributed by atoms with Crippen LogP contribution in [0.5, 0.6) is 11.5 Å². The number of allylic oxidation sites excluding steroid dienone is 2. The second kappa shape index (κ2) is 9.23. The van der Waals surface area contributed by atoms with Crippen LogP contribution in [0, 0.1) is 26.2 Å². The first-order valence-corrected chi connectivity index (χ1v) is 11.1. The third kappa shape index (κ3) is 5.73. The summed E-state index contributed by atoms with van der Waals surface area (Å²) in [4.78, 5) is 0. The van der Waals surface area contributed by atoms with Crippen LogP contribution in [0.3, 0.4) is 0 Å². The Kier molecular flexibility index (Phi) is 7.32. The first-order valence-electron chi connectivity index (χ1n) is 11.1. The zero-order valence-corrected chi connectivity index (χ0v) is 20.4. The average molecular weight is 419 g/mol. The van der Waals surface area contributed by atoms with Gasteiger partial charge in [-0.2, -0.15) is 0 Å². The molecule has 2 nitrogen and oxygen atoms in total. The van der Waals surface area contributed by atoms with Crippen molar-refractivity contribution < 1.29 is 10.2 Å². The second-order valence-corrected chi connectivity index (χ2v) is 10.7. The van der Waals surface area contributed by atoms with Gasteiger partial charge in [0.15, 0.2) is 0 Å². The van der Waals surface area contributed by atoms with E-state index in [0.717, 1.165) is 46.2 Å². The minimum Gasteiger partial charge on any atom is -0.507 e. The molecule has 2 aromatic carbocycles. The van der Waals surface area contributed by atoms with Crippen molar-refractivity contribution in [3.63, 3.8) is 0 Å². The fourth-order valence-corrected chi connectivity index (χ4v) is 4.18. The van der Waals surface area contributed by atoms with E-state index in [1.807, 2.05) is 6.08 Å². The van der Waals surface area contributed by atoms with E-state index in [1.165, 1.54) is 0 Å². The van der Waals surface area contributed by atoms with Crippen molar-refractivity contribution >= 4 is 0 Å². The smallest absolute Gasteiger partial charge is 0.123 e. The minimum atomic E-state index is -0.190. The highest BCUT2D eigenvalue weighted by Gasteiger charge is 2.29. The molecule has 0 saturated carbocycles. The topological polar surface area (TPSA) is 40.5 Å². The van der Waals surface area contributed by atoms with Crippen LogP contribution in [0.2, 0.25) is 0 Å². The highest BCUT2D eigenvalue weighted by Crippen LogP contribution is 2.46. The number of hydrogen-bond donors (Lipinski definition) is 2. The molecule has 0 aliphatic rings. The van der Waals surface area contributed by atoms with Gasteiger partial charge in [-0.25, -0.2) is 0 Å². The first kappa shape index (κ1) is 24.6. The van der Waals surface area contributed by atoms with E-state index < -0.39 is 0 Å². The van der Waals surface area contributed by atoms with Crippen LogP contribution in [0.25, 0.3) is 0 Å². The number of aromatic hydroxyl groups is 2. The summed E-state index contributed by atoms with van der Waals surface area (Å²) in [6.07, 6.45) is 10.6.